The monoisotopic (exact) mass is 267 g/mol. The van der Waals surface area contributed by atoms with Gasteiger partial charge < -0.3 is 5.32 Å². The smallest absolute Gasteiger partial charge is 0.378 e. The molecule has 0 amide bonds. The molecule has 2 rings (SSSR count). The molecule has 1 heterocycles. The van der Waals surface area contributed by atoms with Gasteiger partial charge in [0.2, 0.25) is 0 Å². The average molecular weight is 267 g/mol. The zero-order valence-electron chi connectivity index (χ0n) is 10.9. The Labute approximate surface area is 110 Å². The summed E-state index contributed by atoms with van der Waals surface area (Å²) in [7, 11) is 0. The molecule has 0 fully saturated rings. The third-order valence-electron chi connectivity index (χ3n) is 3.13. The second kappa shape index (κ2) is 5.11. The number of hydrogen-bond donors (Lipinski definition) is 1. The number of halogens is 3. The third kappa shape index (κ3) is 3.19. The lowest BCUT2D eigenvalue weighted by Crippen LogP contribution is -2.28. The lowest BCUT2D eigenvalue weighted by molar-refractivity contribution is -0.0964. The molecular weight excluding hydrogens is 251 g/mol. The van der Waals surface area contributed by atoms with E-state index in [1.807, 2.05) is 24.3 Å². The standard InChI is InChI=1S/C15H16F3N/c1-10(2)11-3-5-12(6-4-11)13-7-8-19-14(9-13)15(16,17)18/h3-7,9-10,19H,8H2,1-2H3. The minimum atomic E-state index is -4.32. The SMILES string of the molecule is CC(C)c1ccc(C2=CCNC(C(F)(F)F)=C2)cc1. The maximum absolute atomic E-state index is 12.6. The topological polar surface area (TPSA) is 12.0 Å². The molecule has 1 aliphatic rings. The molecule has 1 aromatic carbocycles. The summed E-state index contributed by atoms with van der Waals surface area (Å²) in [4.78, 5) is 0. The van der Waals surface area contributed by atoms with Crippen molar-refractivity contribution in [2.75, 3.05) is 6.54 Å². The van der Waals surface area contributed by atoms with Crippen LogP contribution in [-0.2, 0) is 0 Å². The summed E-state index contributed by atoms with van der Waals surface area (Å²) in [5.41, 5.74) is 1.92. The third-order valence-corrected chi connectivity index (χ3v) is 3.13. The summed E-state index contributed by atoms with van der Waals surface area (Å²) in [5, 5.41) is 2.35. The quantitative estimate of drug-likeness (QED) is 0.845. The van der Waals surface area contributed by atoms with Crippen LogP contribution in [-0.4, -0.2) is 12.7 Å². The van der Waals surface area contributed by atoms with E-state index < -0.39 is 11.9 Å². The van der Waals surface area contributed by atoms with Crippen LogP contribution in [0.15, 0.2) is 42.1 Å². The van der Waals surface area contributed by atoms with E-state index >= 15 is 0 Å². The lowest BCUT2D eigenvalue weighted by Gasteiger charge is -2.18. The molecule has 102 valence electrons. The minimum Gasteiger partial charge on any atom is -0.378 e. The van der Waals surface area contributed by atoms with Crippen LogP contribution in [0.4, 0.5) is 13.2 Å². The van der Waals surface area contributed by atoms with Gasteiger partial charge in [0.1, 0.15) is 5.70 Å². The molecule has 0 aliphatic carbocycles. The van der Waals surface area contributed by atoms with Crippen molar-refractivity contribution in [3.63, 3.8) is 0 Å². The van der Waals surface area contributed by atoms with E-state index in [4.69, 9.17) is 0 Å². The largest absolute Gasteiger partial charge is 0.430 e. The van der Waals surface area contributed by atoms with Crippen molar-refractivity contribution in [1.29, 1.82) is 0 Å². The number of allylic oxidation sites excluding steroid dienone is 3. The Hall–Kier alpha value is -1.71. The Kier molecular flexibility index (Phi) is 3.69. The first kappa shape index (κ1) is 13.7. The lowest BCUT2D eigenvalue weighted by atomic mass is 9.97. The predicted octanol–water partition coefficient (Wildman–Crippen LogP) is 4.24. The molecular formula is C15H16F3N. The molecule has 0 unspecified atom stereocenters. The van der Waals surface area contributed by atoms with Gasteiger partial charge in [0.05, 0.1) is 0 Å². The highest BCUT2D eigenvalue weighted by molar-refractivity contribution is 5.76. The van der Waals surface area contributed by atoms with Crippen molar-refractivity contribution in [2.45, 2.75) is 25.9 Å². The van der Waals surface area contributed by atoms with Gasteiger partial charge in [-0.2, -0.15) is 13.2 Å². The van der Waals surface area contributed by atoms with Crippen molar-refractivity contribution in [3.8, 4) is 0 Å². The van der Waals surface area contributed by atoms with Gasteiger partial charge in [0.15, 0.2) is 0 Å². The van der Waals surface area contributed by atoms with E-state index in [1.165, 1.54) is 5.56 Å². The summed E-state index contributed by atoms with van der Waals surface area (Å²) in [6.07, 6.45) is -1.40. The number of alkyl halides is 3. The van der Waals surface area contributed by atoms with Crippen molar-refractivity contribution < 1.29 is 13.2 Å². The molecule has 0 atom stereocenters. The summed E-state index contributed by atoms with van der Waals surface area (Å²) in [6.45, 7) is 4.37. The van der Waals surface area contributed by atoms with Crippen LogP contribution in [0.1, 0.15) is 30.9 Å². The van der Waals surface area contributed by atoms with Gasteiger partial charge in [-0.3, -0.25) is 0 Å². The van der Waals surface area contributed by atoms with Gasteiger partial charge in [0, 0.05) is 6.54 Å². The summed E-state index contributed by atoms with van der Waals surface area (Å²) in [5.74, 6) is 0.414. The first-order valence-corrected chi connectivity index (χ1v) is 6.21. The molecule has 0 saturated heterocycles. The highest BCUT2D eigenvalue weighted by Crippen LogP contribution is 2.29. The van der Waals surface area contributed by atoms with Crippen LogP contribution in [0.2, 0.25) is 0 Å². The zero-order valence-corrected chi connectivity index (χ0v) is 10.9. The molecule has 1 N–H and O–H groups in total. The molecule has 1 nitrogen and oxygen atoms in total. The fourth-order valence-corrected chi connectivity index (χ4v) is 1.98. The van der Waals surface area contributed by atoms with Gasteiger partial charge in [-0.15, -0.1) is 0 Å². The average Bonchev–Trinajstić information content (AvgIpc) is 2.38. The molecule has 19 heavy (non-hydrogen) atoms. The molecule has 0 saturated carbocycles. The number of benzene rings is 1. The highest BCUT2D eigenvalue weighted by atomic mass is 19.4. The van der Waals surface area contributed by atoms with E-state index in [2.05, 4.69) is 19.2 Å². The fraction of sp³-hybridized carbons (Fsp3) is 0.333. The maximum Gasteiger partial charge on any atom is 0.430 e. The van der Waals surface area contributed by atoms with Crippen LogP contribution in [0, 0.1) is 0 Å². The van der Waals surface area contributed by atoms with Crippen molar-refractivity contribution in [3.05, 3.63) is 53.2 Å². The van der Waals surface area contributed by atoms with E-state index in [1.54, 1.807) is 6.08 Å². The van der Waals surface area contributed by atoms with E-state index in [9.17, 15) is 13.2 Å². The van der Waals surface area contributed by atoms with E-state index in [-0.39, 0.29) is 6.54 Å². The van der Waals surface area contributed by atoms with E-state index in [0.29, 0.717) is 11.5 Å². The zero-order chi connectivity index (χ0) is 14.0. The molecule has 0 bridgehead atoms. The highest BCUT2D eigenvalue weighted by Gasteiger charge is 2.34. The van der Waals surface area contributed by atoms with Crippen LogP contribution in [0.5, 0.6) is 0 Å². The normalized spacial score (nSPS) is 15.9. The molecule has 1 aliphatic heterocycles. The summed E-state index contributed by atoms with van der Waals surface area (Å²) in [6, 6.07) is 7.67. The number of hydrogen-bond acceptors (Lipinski definition) is 1. The Morgan fingerprint density at radius 2 is 1.74 bits per heavy atom. The molecule has 0 radical (unpaired) electrons. The summed E-state index contributed by atoms with van der Waals surface area (Å²) >= 11 is 0. The first-order chi connectivity index (χ1) is 8.88. The fourth-order valence-electron chi connectivity index (χ4n) is 1.98. The number of rotatable bonds is 2. The van der Waals surface area contributed by atoms with Gasteiger partial charge in [-0.25, -0.2) is 0 Å². The van der Waals surface area contributed by atoms with Crippen molar-refractivity contribution in [1.82, 2.24) is 5.32 Å². The molecule has 0 aromatic heterocycles. The van der Waals surface area contributed by atoms with Gasteiger partial charge >= 0.3 is 6.18 Å². The molecule has 1 aromatic rings. The minimum absolute atomic E-state index is 0.201. The number of dihydropyridines is 1. The molecule has 4 heteroatoms. The van der Waals surface area contributed by atoms with Gasteiger partial charge in [-0.1, -0.05) is 44.2 Å². The van der Waals surface area contributed by atoms with Crippen molar-refractivity contribution in [2.24, 2.45) is 0 Å². The first-order valence-electron chi connectivity index (χ1n) is 6.21. The number of nitrogens with one attached hydrogen (secondary N) is 1. The van der Waals surface area contributed by atoms with Crippen LogP contribution in [0.25, 0.3) is 5.57 Å². The summed E-state index contributed by atoms with van der Waals surface area (Å²) < 4.78 is 37.9. The molecule has 0 spiro atoms. The second-order valence-electron chi connectivity index (χ2n) is 4.87. The van der Waals surface area contributed by atoms with Crippen molar-refractivity contribution >= 4 is 5.57 Å². The Morgan fingerprint density at radius 1 is 1.11 bits per heavy atom. The predicted molar refractivity (Wildman–Crippen MR) is 70.6 cm³/mol. The Morgan fingerprint density at radius 3 is 2.26 bits per heavy atom. The van der Waals surface area contributed by atoms with Gasteiger partial charge in [0.25, 0.3) is 0 Å². The maximum atomic E-state index is 12.6. The Balaban J connectivity index is 2.27. The second-order valence-corrected chi connectivity index (χ2v) is 4.87. The van der Waals surface area contributed by atoms with E-state index in [0.717, 1.165) is 11.6 Å². The van der Waals surface area contributed by atoms with Crippen LogP contribution >= 0.6 is 0 Å². The van der Waals surface area contributed by atoms with Crippen LogP contribution in [0.3, 0.4) is 0 Å². The Bertz CT molecular complexity index is 507. The van der Waals surface area contributed by atoms with Crippen LogP contribution < -0.4 is 5.32 Å². The van der Waals surface area contributed by atoms with Gasteiger partial charge in [-0.05, 0) is 28.7 Å².